The number of nitrogens with one attached hydrogen (secondary N) is 1. The van der Waals surface area contributed by atoms with E-state index in [0.717, 1.165) is 30.0 Å². The third-order valence-electron chi connectivity index (χ3n) is 3.14. The molecule has 1 heterocycles. The second-order valence-corrected chi connectivity index (χ2v) is 5.47. The summed E-state index contributed by atoms with van der Waals surface area (Å²) < 4.78 is 5.17. The third-order valence-corrected chi connectivity index (χ3v) is 3.14. The molecule has 0 fully saturated rings. The predicted molar refractivity (Wildman–Crippen MR) is 78.3 cm³/mol. The number of aromatic nitrogens is 1. The van der Waals surface area contributed by atoms with Crippen molar-refractivity contribution in [2.45, 2.75) is 47.0 Å². The Morgan fingerprint density at radius 1 is 1.37 bits per heavy atom. The summed E-state index contributed by atoms with van der Waals surface area (Å²) in [6.07, 6.45) is 1.09. The molecule has 0 aliphatic rings. The van der Waals surface area contributed by atoms with Gasteiger partial charge in [0.05, 0.1) is 5.69 Å². The van der Waals surface area contributed by atoms with Gasteiger partial charge in [-0.05, 0) is 26.2 Å². The molecule has 5 heteroatoms. The maximum Gasteiger partial charge on any atom is 0.188 e. The smallest absolute Gasteiger partial charge is 0.188 e. The molecule has 0 amide bonds. The molecule has 0 aliphatic carbocycles. The molecule has 0 saturated carbocycles. The van der Waals surface area contributed by atoms with Gasteiger partial charge in [-0.15, -0.1) is 0 Å². The highest BCUT2D eigenvalue weighted by Gasteiger charge is 2.15. The monoisotopic (exact) mass is 266 g/mol. The van der Waals surface area contributed by atoms with Crippen LogP contribution in [0.1, 0.15) is 50.1 Å². The summed E-state index contributed by atoms with van der Waals surface area (Å²) in [6.45, 7) is 11.9. The van der Waals surface area contributed by atoms with Crippen LogP contribution in [0.4, 0.5) is 0 Å². The largest absolute Gasteiger partial charge is 0.370 e. The second kappa shape index (κ2) is 7.16. The fraction of sp³-hybridized carbons (Fsp3) is 0.714. The van der Waals surface area contributed by atoms with Crippen molar-refractivity contribution < 1.29 is 4.52 Å². The minimum atomic E-state index is 0.261. The number of rotatable bonds is 6. The first-order chi connectivity index (χ1) is 8.91. The number of hydrogen-bond donors (Lipinski definition) is 2. The number of nitrogens with two attached hydrogens (primary N) is 1. The SMILES string of the molecule is Cc1noc(C)c1C(C)CN=C(N)NCCC(C)C. The maximum absolute atomic E-state index is 5.84. The van der Waals surface area contributed by atoms with Crippen molar-refractivity contribution in [1.29, 1.82) is 0 Å². The molecule has 1 aromatic rings. The first kappa shape index (κ1) is 15.5. The van der Waals surface area contributed by atoms with Crippen molar-refractivity contribution in [3.63, 3.8) is 0 Å². The summed E-state index contributed by atoms with van der Waals surface area (Å²) >= 11 is 0. The summed E-state index contributed by atoms with van der Waals surface area (Å²) in [5.74, 6) is 2.31. The Hall–Kier alpha value is -1.52. The van der Waals surface area contributed by atoms with E-state index in [1.54, 1.807) is 0 Å². The lowest BCUT2D eigenvalue weighted by molar-refractivity contribution is 0.391. The summed E-state index contributed by atoms with van der Waals surface area (Å²) in [7, 11) is 0. The number of nitrogens with zero attached hydrogens (tertiary/aromatic N) is 2. The fourth-order valence-electron chi connectivity index (χ4n) is 2.07. The average molecular weight is 266 g/mol. The minimum Gasteiger partial charge on any atom is -0.370 e. The first-order valence-electron chi connectivity index (χ1n) is 6.88. The van der Waals surface area contributed by atoms with Crippen molar-refractivity contribution in [3.05, 3.63) is 17.0 Å². The zero-order chi connectivity index (χ0) is 14.4. The lowest BCUT2D eigenvalue weighted by Gasteiger charge is -2.10. The molecular weight excluding hydrogens is 240 g/mol. The van der Waals surface area contributed by atoms with Crippen LogP contribution in [0, 0.1) is 19.8 Å². The molecule has 0 aromatic carbocycles. The zero-order valence-corrected chi connectivity index (χ0v) is 12.7. The van der Waals surface area contributed by atoms with Crippen molar-refractivity contribution in [1.82, 2.24) is 10.5 Å². The van der Waals surface area contributed by atoms with Crippen LogP contribution in [0.5, 0.6) is 0 Å². The van der Waals surface area contributed by atoms with Gasteiger partial charge in [0, 0.05) is 24.6 Å². The molecule has 19 heavy (non-hydrogen) atoms. The molecule has 0 saturated heterocycles. The molecule has 0 bridgehead atoms. The fourth-order valence-corrected chi connectivity index (χ4v) is 2.07. The normalized spacial score (nSPS) is 13.9. The van der Waals surface area contributed by atoms with E-state index in [-0.39, 0.29) is 5.92 Å². The number of aryl methyl sites for hydroxylation is 2. The molecule has 1 rings (SSSR count). The number of hydrogen-bond acceptors (Lipinski definition) is 3. The van der Waals surface area contributed by atoms with E-state index in [1.807, 2.05) is 13.8 Å². The van der Waals surface area contributed by atoms with E-state index in [0.29, 0.717) is 18.4 Å². The first-order valence-corrected chi connectivity index (χ1v) is 6.88. The van der Waals surface area contributed by atoms with Gasteiger partial charge in [-0.3, -0.25) is 4.99 Å². The van der Waals surface area contributed by atoms with E-state index in [4.69, 9.17) is 10.3 Å². The second-order valence-electron chi connectivity index (χ2n) is 5.47. The molecule has 1 unspecified atom stereocenters. The van der Waals surface area contributed by atoms with Crippen molar-refractivity contribution in [2.75, 3.05) is 13.1 Å². The summed E-state index contributed by atoms with van der Waals surface area (Å²) in [6, 6.07) is 0. The lowest BCUT2D eigenvalue weighted by atomic mass is 10.00. The average Bonchev–Trinajstić information content (AvgIpc) is 2.65. The van der Waals surface area contributed by atoms with Crippen LogP contribution in [0.3, 0.4) is 0 Å². The Balaban J connectivity index is 2.46. The van der Waals surface area contributed by atoms with Crippen LogP contribution in [0.25, 0.3) is 0 Å². The topological polar surface area (TPSA) is 76.4 Å². The van der Waals surface area contributed by atoms with Crippen LogP contribution in [-0.2, 0) is 0 Å². The Kier molecular flexibility index (Phi) is 5.86. The van der Waals surface area contributed by atoms with E-state index < -0.39 is 0 Å². The lowest BCUT2D eigenvalue weighted by Crippen LogP contribution is -2.33. The summed E-state index contributed by atoms with van der Waals surface area (Å²) in [4.78, 5) is 4.37. The van der Waals surface area contributed by atoms with E-state index in [2.05, 4.69) is 36.2 Å². The summed E-state index contributed by atoms with van der Waals surface area (Å²) in [5, 5.41) is 7.10. The number of aliphatic imine (C=N–C) groups is 1. The maximum atomic E-state index is 5.84. The minimum absolute atomic E-state index is 0.261. The van der Waals surface area contributed by atoms with Gasteiger partial charge in [0.2, 0.25) is 0 Å². The van der Waals surface area contributed by atoms with Gasteiger partial charge in [0.1, 0.15) is 5.76 Å². The van der Waals surface area contributed by atoms with E-state index in [9.17, 15) is 0 Å². The van der Waals surface area contributed by atoms with Crippen molar-refractivity contribution in [3.8, 4) is 0 Å². The number of guanidine groups is 1. The highest BCUT2D eigenvalue weighted by Crippen LogP contribution is 2.22. The standard InChI is InChI=1S/C14H26N4O/c1-9(2)6-7-16-14(15)17-8-10(3)13-11(4)18-19-12(13)5/h9-10H,6-8H2,1-5H3,(H3,15,16,17). The van der Waals surface area contributed by atoms with E-state index >= 15 is 0 Å². The molecule has 1 atom stereocenters. The van der Waals surface area contributed by atoms with Crippen LogP contribution >= 0.6 is 0 Å². The van der Waals surface area contributed by atoms with Gasteiger partial charge in [-0.1, -0.05) is 25.9 Å². The highest BCUT2D eigenvalue weighted by molar-refractivity contribution is 5.77. The Morgan fingerprint density at radius 2 is 2.05 bits per heavy atom. The molecule has 0 spiro atoms. The Bertz CT molecular complexity index is 404. The molecule has 108 valence electrons. The molecule has 3 N–H and O–H groups in total. The molecule has 1 aromatic heterocycles. The predicted octanol–water partition coefficient (Wildman–Crippen LogP) is 2.35. The van der Waals surface area contributed by atoms with Crippen molar-refractivity contribution >= 4 is 5.96 Å². The van der Waals surface area contributed by atoms with Crippen LogP contribution in [0.2, 0.25) is 0 Å². The van der Waals surface area contributed by atoms with Gasteiger partial charge in [0.15, 0.2) is 5.96 Å². The zero-order valence-electron chi connectivity index (χ0n) is 12.7. The summed E-state index contributed by atoms with van der Waals surface area (Å²) in [5.41, 5.74) is 7.91. The van der Waals surface area contributed by atoms with Gasteiger partial charge in [-0.2, -0.15) is 0 Å². The van der Waals surface area contributed by atoms with Gasteiger partial charge < -0.3 is 15.6 Å². The van der Waals surface area contributed by atoms with Gasteiger partial charge in [0.25, 0.3) is 0 Å². The Morgan fingerprint density at radius 3 is 2.58 bits per heavy atom. The van der Waals surface area contributed by atoms with Crippen molar-refractivity contribution in [2.24, 2.45) is 16.6 Å². The molecular formula is C14H26N4O. The Labute approximate surface area is 115 Å². The highest BCUT2D eigenvalue weighted by atomic mass is 16.5. The quantitative estimate of drug-likeness (QED) is 0.612. The van der Waals surface area contributed by atoms with Gasteiger partial charge in [-0.25, -0.2) is 0 Å². The van der Waals surface area contributed by atoms with Gasteiger partial charge >= 0.3 is 0 Å². The molecule has 0 aliphatic heterocycles. The van der Waals surface area contributed by atoms with Crippen LogP contribution in [-0.4, -0.2) is 24.2 Å². The van der Waals surface area contributed by atoms with Crippen LogP contribution < -0.4 is 11.1 Å². The molecule has 0 radical (unpaired) electrons. The van der Waals surface area contributed by atoms with E-state index in [1.165, 1.54) is 0 Å². The third kappa shape index (κ3) is 4.93. The molecule has 5 nitrogen and oxygen atoms in total. The van der Waals surface area contributed by atoms with Crippen LogP contribution in [0.15, 0.2) is 9.52 Å².